The summed E-state index contributed by atoms with van der Waals surface area (Å²) in [6.45, 7) is 0. The number of benzene rings is 1. The van der Waals surface area contributed by atoms with Crippen molar-refractivity contribution >= 4 is 23.1 Å². The van der Waals surface area contributed by atoms with Gasteiger partial charge in [-0.25, -0.2) is 0 Å². The van der Waals surface area contributed by atoms with E-state index in [0.29, 0.717) is 6.07 Å². The Bertz CT molecular complexity index is 593. The Morgan fingerprint density at radius 1 is 1.47 bits per heavy atom. The average molecular weight is 293 g/mol. The van der Waals surface area contributed by atoms with Crippen LogP contribution in [0.4, 0.5) is 18.9 Å². The molecule has 0 aliphatic carbocycles. The van der Waals surface area contributed by atoms with E-state index in [-0.39, 0.29) is 6.07 Å². The highest BCUT2D eigenvalue weighted by Crippen LogP contribution is 2.37. The van der Waals surface area contributed by atoms with Gasteiger partial charge in [-0.3, -0.25) is 14.9 Å². The summed E-state index contributed by atoms with van der Waals surface area (Å²) in [5.74, 6) is -1.55. The quantitative estimate of drug-likeness (QED) is 0.371. The second kappa shape index (κ2) is 5.24. The monoisotopic (exact) mass is 292 g/mol. The molecule has 0 fully saturated rings. The average Bonchev–Trinajstić information content (AvgIpc) is 2.34. The second-order valence-electron chi connectivity index (χ2n) is 3.34. The second-order valence-corrected chi connectivity index (χ2v) is 3.61. The summed E-state index contributed by atoms with van der Waals surface area (Å²) in [5, 5.41) is 19.3. The summed E-state index contributed by atoms with van der Waals surface area (Å²) in [4.78, 5) is 20.6. The summed E-state index contributed by atoms with van der Waals surface area (Å²) < 4.78 is 38.0. The van der Waals surface area contributed by atoms with Gasteiger partial charge < -0.3 is 0 Å². The first kappa shape index (κ1) is 14.9. The van der Waals surface area contributed by atoms with Gasteiger partial charge in [0, 0.05) is 11.6 Å². The van der Waals surface area contributed by atoms with Gasteiger partial charge in [0.1, 0.15) is 11.6 Å². The number of carbonyl (C=O) groups is 1. The fourth-order valence-electron chi connectivity index (χ4n) is 1.36. The molecule has 19 heavy (non-hydrogen) atoms. The lowest BCUT2D eigenvalue weighted by Crippen LogP contribution is -2.13. The maximum Gasteiger partial charge on any atom is 0.423 e. The van der Waals surface area contributed by atoms with Gasteiger partial charge in [0.25, 0.3) is 5.69 Å². The van der Waals surface area contributed by atoms with E-state index in [2.05, 4.69) is 0 Å². The molecule has 0 atom stereocenters. The minimum atomic E-state index is -5.02. The number of hydrogen-bond acceptors (Lipinski definition) is 4. The minimum absolute atomic E-state index is 0.279. The first-order valence-electron chi connectivity index (χ1n) is 4.61. The van der Waals surface area contributed by atoms with E-state index >= 15 is 0 Å². The van der Waals surface area contributed by atoms with Crippen LogP contribution in [0.25, 0.3) is 0 Å². The molecule has 0 amide bonds. The molecular formula is C10H4ClF3N2O3. The van der Waals surface area contributed by atoms with Crippen LogP contribution in [0.1, 0.15) is 21.5 Å². The Hall–Kier alpha value is -2.14. The van der Waals surface area contributed by atoms with Gasteiger partial charge >= 0.3 is 6.18 Å². The summed E-state index contributed by atoms with van der Waals surface area (Å²) in [5.41, 5.74) is -3.99. The maximum absolute atomic E-state index is 12.7. The number of alkyl halides is 4. The molecule has 0 saturated carbocycles. The Balaban J connectivity index is 3.68. The molecule has 0 aromatic heterocycles. The molecule has 1 rings (SSSR count). The van der Waals surface area contributed by atoms with Crippen LogP contribution in [-0.4, -0.2) is 16.6 Å². The molecule has 9 heteroatoms. The number of ketones is 1. The number of nitriles is 1. The molecule has 1 aromatic rings. The van der Waals surface area contributed by atoms with E-state index in [1.807, 2.05) is 0 Å². The fourth-order valence-corrected chi connectivity index (χ4v) is 1.51. The number of Topliss-reactive ketones (excluding diaryl/α,β-unsaturated/α-hetero) is 1. The first-order chi connectivity index (χ1) is 8.72. The van der Waals surface area contributed by atoms with Crippen LogP contribution in [0.5, 0.6) is 0 Å². The lowest BCUT2D eigenvalue weighted by molar-refractivity contribution is -0.388. The van der Waals surface area contributed by atoms with Crippen LogP contribution in [0.2, 0.25) is 0 Å². The first-order valence-corrected chi connectivity index (χ1v) is 5.14. The van der Waals surface area contributed by atoms with E-state index in [4.69, 9.17) is 16.9 Å². The van der Waals surface area contributed by atoms with Crippen LogP contribution >= 0.6 is 11.6 Å². The summed E-state index contributed by atoms with van der Waals surface area (Å²) in [6.07, 6.45) is -5.02. The van der Waals surface area contributed by atoms with Crippen LogP contribution in [0, 0.1) is 21.4 Å². The Morgan fingerprint density at radius 3 is 2.42 bits per heavy atom. The minimum Gasteiger partial charge on any atom is -0.293 e. The molecule has 0 saturated heterocycles. The van der Waals surface area contributed by atoms with Crippen LogP contribution in [0.15, 0.2) is 12.1 Å². The zero-order valence-corrected chi connectivity index (χ0v) is 9.75. The Morgan fingerprint density at radius 2 is 2.05 bits per heavy atom. The van der Waals surface area contributed by atoms with E-state index in [9.17, 15) is 28.1 Å². The van der Waals surface area contributed by atoms with Gasteiger partial charge in [-0.15, -0.1) is 11.6 Å². The molecule has 0 aliphatic rings. The van der Waals surface area contributed by atoms with Gasteiger partial charge in [-0.05, 0) is 6.07 Å². The van der Waals surface area contributed by atoms with Crippen molar-refractivity contribution in [3.05, 3.63) is 38.9 Å². The molecule has 5 nitrogen and oxygen atoms in total. The van der Waals surface area contributed by atoms with Gasteiger partial charge in [-0.1, -0.05) is 0 Å². The third-order valence-corrected chi connectivity index (χ3v) is 2.42. The van der Waals surface area contributed by atoms with Crippen molar-refractivity contribution in [2.24, 2.45) is 0 Å². The fraction of sp³-hybridized carbons (Fsp3) is 0.200. The van der Waals surface area contributed by atoms with Crippen molar-refractivity contribution in [3.8, 4) is 6.07 Å². The predicted octanol–water partition coefficient (Wildman–Crippen LogP) is 2.91. The Labute approximate surface area is 109 Å². The smallest absolute Gasteiger partial charge is 0.293 e. The van der Waals surface area contributed by atoms with Crippen molar-refractivity contribution in [1.29, 1.82) is 5.26 Å². The molecule has 1 aromatic carbocycles. The van der Waals surface area contributed by atoms with Crippen LogP contribution in [-0.2, 0) is 6.18 Å². The largest absolute Gasteiger partial charge is 0.423 e. The van der Waals surface area contributed by atoms with Gasteiger partial charge in [0.15, 0.2) is 5.78 Å². The van der Waals surface area contributed by atoms with Crippen LogP contribution in [0.3, 0.4) is 0 Å². The molecule has 0 unspecified atom stereocenters. The molecule has 0 bridgehead atoms. The third-order valence-electron chi connectivity index (χ3n) is 2.18. The van der Waals surface area contributed by atoms with Gasteiger partial charge in [0.05, 0.1) is 16.4 Å². The Kier molecular flexibility index (Phi) is 4.11. The number of hydrogen-bond donors (Lipinski definition) is 0. The SMILES string of the molecule is N#Cc1cc([N+](=O)[O-])c(C(F)(F)F)cc1C(=O)CCl. The molecule has 0 heterocycles. The van der Waals surface area contributed by atoms with Gasteiger partial charge in [-0.2, -0.15) is 18.4 Å². The molecule has 0 radical (unpaired) electrons. The number of carbonyl (C=O) groups excluding carboxylic acids is 1. The summed E-state index contributed by atoms with van der Waals surface area (Å²) >= 11 is 5.21. The van der Waals surface area contributed by atoms with Crippen molar-refractivity contribution in [1.82, 2.24) is 0 Å². The van der Waals surface area contributed by atoms with Crippen molar-refractivity contribution in [3.63, 3.8) is 0 Å². The van der Waals surface area contributed by atoms with Gasteiger partial charge in [0.2, 0.25) is 0 Å². The number of rotatable bonds is 3. The lowest BCUT2D eigenvalue weighted by atomic mass is 9.99. The molecule has 100 valence electrons. The van der Waals surface area contributed by atoms with E-state index in [0.717, 1.165) is 0 Å². The highest BCUT2D eigenvalue weighted by molar-refractivity contribution is 6.30. The maximum atomic E-state index is 12.7. The zero-order valence-electron chi connectivity index (χ0n) is 8.99. The van der Waals surface area contributed by atoms with E-state index in [1.165, 1.54) is 6.07 Å². The standard InChI is InChI=1S/C10H4ClF3N2O3/c11-3-9(17)6-2-7(10(12,13)14)8(16(18)19)1-5(6)4-15/h1-2H,3H2. The molecular weight excluding hydrogens is 289 g/mol. The number of nitro groups is 1. The highest BCUT2D eigenvalue weighted by atomic mass is 35.5. The zero-order chi connectivity index (χ0) is 14.8. The summed E-state index contributed by atoms with van der Waals surface area (Å²) in [6, 6.07) is 2.13. The molecule has 0 spiro atoms. The van der Waals surface area contributed by atoms with Crippen molar-refractivity contribution < 1.29 is 22.9 Å². The topological polar surface area (TPSA) is 84.0 Å². The molecule has 0 aliphatic heterocycles. The predicted molar refractivity (Wildman–Crippen MR) is 57.9 cm³/mol. The molecule has 0 N–H and O–H groups in total. The third kappa shape index (κ3) is 3.00. The van der Waals surface area contributed by atoms with Crippen molar-refractivity contribution in [2.75, 3.05) is 5.88 Å². The number of nitro benzene ring substituents is 1. The lowest BCUT2D eigenvalue weighted by Gasteiger charge is -2.10. The van der Waals surface area contributed by atoms with Crippen molar-refractivity contribution in [2.45, 2.75) is 6.18 Å². The van der Waals surface area contributed by atoms with E-state index < -0.39 is 45.1 Å². The normalized spacial score (nSPS) is 10.9. The van der Waals surface area contributed by atoms with Crippen LogP contribution < -0.4 is 0 Å². The number of halogens is 4. The highest BCUT2D eigenvalue weighted by Gasteiger charge is 2.39. The number of nitrogens with zero attached hydrogens (tertiary/aromatic N) is 2. The summed E-state index contributed by atoms with van der Waals surface area (Å²) in [7, 11) is 0. The van der Waals surface area contributed by atoms with E-state index in [1.54, 1.807) is 0 Å².